The third-order valence-electron chi connectivity index (χ3n) is 1.98. The summed E-state index contributed by atoms with van der Waals surface area (Å²) in [5.74, 6) is 0.886. The molecular formula is C10H12N4O3. The second-order valence-electron chi connectivity index (χ2n) is 3.30. The van der Waals surface area contributed by atoms with Gasteiger partial charge in [-0.1, -0.05) is 18.1 Å². The number of nitrogens with zero attached hydrogens (tertiary/aromatic N) is 3. The maximum atomic E-state index is 11.6. The quantitative estimate of drug-likeness (QED) is 0.672. The summed E-state index contributed by atoms with van der Waals surface area (Å²) in [7, 11) is 0. The van der Waals surface area contributed by atoms with Gasteiger partial charge in [-0.15, -0.1) is 11.5 Å². The Morgan fingerprint density at radius 3 is 2.94 bits per heavy atom. The van der Waals surface area contributed by atoms with Crippen LogP contribution in [0.2, 0.25) is 0 Å². The Morgan fingerprint density at radius 1 is 1.71 bits per heavy atom. The molecule has 0 saturated carbocycles. The summed E-state index contributed by atoms with van der Waals surface area (Å²) < 4.78 is 1.06. The van der Waals surface area contributed by atoms with Crippen molar-refractivity contribution in [3.8, 4) is 12.3 Å². The summed E-state index contributed by atoms with van der Waals surface area (Å²) in [6.45, 7) is 1.50. The number of carbonyl (C=O) groups excluding carboxylic acids is 1. The molecule has 1 atom stereocenters. The molecule has 0 aliphatic carbocycles. The third-order valence-corrected chi connectivity index (χ3v) is 1.98. The highest BCUT2D eigenvalue weighted by atomic mass is 16.4. The van der Waals surface area contributed by atoms with Crippen molar-refractivity contribution in [2.45, 2.75) is 25.9 Å². The van der Waals surface area contributed by atoms with Crippen LogP contribution >= 0.6 is 0 Å². The van der Waals surface area contributed by atoms with Gasteiger partial charge in [0, 0.05) is 0 Å². The Balaban J connectivity index is 2.67. The highest BCUT2D eigenvalue weighted by Gasteiger charge is 2.14. The van der Waals surface area contributed by atoms with E-state index in [1.807, 2.05) is 6.92 Å². The number of carboxylic acids is 1. The van der Waals surface area contributed by atoms with Crippen molar-refractivity contribution in [2.75, 3.05) is 0 Å². The number of carbonyl (C=O) groups is 2. The average molecular weight is 236 g/mol. The molecule has 0 spiro atoms. The third kappa shape index (κ3) is 3.61. The molecule has 17 heavy (non-hydrogen) atoms. The molecule has 0 aromatic carbocycles. The van der Waals surface area contributed by atoms with Gasteiger partial charge in [-0.25, -0.2) is 4.68 Å². The Hall–Kier alpha value is -2.36. The molecule has 1 unspecified atom stereocenters. The summed E-state index contributed by atoms with van der Waals surface area (Å²) in [6, 6.07) is -0.368. The summed E-state index contributed by atoms with van der Waals surface area (Å²) in [5.41, 5.74) is 0.0416. The van der Waals surface area contributed by atoms with Crippen LogP contribution in [-0.2, 0) is 11.3 Å². The summed E-state index contributed by atoms with van der Waals surface area (Å²) in [4.78, 5) is 22.0. The van der Waals surface area contributed by atoms with Crippen LogP contribution in [0, 0.1) is 12.3 Å². The van der Waals surface area contributed by atoms with Crippen molar-refractivity contribution >= 4 is 11.9 Å². The Morgan fingerprint density at radius 2 is 2.41 bits per heavy atom. The maximum absolute atomic E-state index is 11.6. The lowest BCUT2D eigenvalue weighted by molar-refractivity contribution is -0.137. The van der Waals surface area contributed by atoms with Crippen molar-refractivity contribution in [3.05, 3.63) is 11.9 Å². The van der Waals surface area contributed by atoms with Gasteiger partial charge in [0.2, 0.25) is 0 Å². The molecule has 0 aliphatic rings. The van der Waals surface area contributed by atoms with Gasteiger partial charge in [-0.2, -0.15) is 0 Å². The molecule has 1 aromatic heterocycles. The number of carboxylic acid groups (broad SMARTS) is 1. The number of amides is 1. The van der Waals surface area contributed by atoms with E-state index in [1.165, 1.54) is 6.20 Å². The monoisotopic (exact) mass is 236 g/mol. The highest BCUT2D eigenvalue weighted by molar-refractivity contribution is 5.92. The highest BCUT2D eigenvalue weighted by Crippen LogP contribution is 1.96. The molecule has 1 amide bonds. The van der Waals surface area contributed by atoms with Gasteiger partial charge in [0.05, 0.1) is 12.2 Å². The molecule has 7 heteroatoms. The Bertz CT molecular complexity index is 460. The molecule has 1 aromatic rings. The van der Waals surface area contributed by atoms with Gasteiger partial charge < -0.3 is 10.4 Å². The lowest BCUT2D eigenvalue weighted by Gasteiger charge is -2.08. The number of rotatable bonds is 5. The lowest BCUT2D eigenvalue weighted by Crippen LogP contribution is -2.33. The largest absolute Gasteiger partial charge is 0.480 e. The average Bonchev–Trinajstić information content (AvgIpc) is 2.73. The van der Waals surface area contributed by atoms with Gasteiger partial charge in [0.25, 0.3) is 5.91 Å². The van der Waals surface area contributed by atoms with Crippen molar-refractivity contribution in [1.29, 1.82) is 0 Å². The zero-order chi connectivity index (χ0) is 12.8. The van der Waals surface area contributed by atoms with E-state index < -0.39 is 11.9 Å². The van der Waals surface area contributed by atoms with Crippen LogP contribution in [0.4, 0.5) is 0 Å². The fourth-order valence-electron chi connectivity index (χ4n) is 1.11. The standard InChI is InChI=1S/C10H12N4O3/c1-3-7(4-2)11-10(17)8-5-14(13-12-8)6-9(15)16/h1,5,7H,4,6H2,2H3,(H,11,17)(H,15,16). The molecule has 7 nitrogen and oxygen atoms in total. The zero-order valence-corrected chi connectivity index (χ0v) is 9.25. The van der Waals surface area contributed by atoms with Gasteiger partial charge in [-0.3, -0.25) is 9.59 Å². The molecule has 0 saturated heterocycles. The Kier molecular flexibility index (Phi) is 4.22. The number of hydrogen-bond donors (Lipinski definition) is 2. The number of nitrogens with one attached hydrogen (secondary N) is 1. The second-order valence-corrected chi connectivity index (χ2v) is 3.30. The minimum absolute atomic E-state index is 0.0416. The molecule has 0 fully saturated rings. The van der Waals surface area contributed by atoms with Gasteiger partial charge in [0.15, 0.2) is 5.69 Å². The van der Waals surface area contributed by atoms with E-state index >= 15 is 0 Å². The predicted molar refractivity (Wildman–Crippen MR) is 58.0 cm³/mol. The SMILES string of the molecule is C#CC(CC)NC(=O)c1cn(CC(=O)O)nn1. The number of terminal acetylenes is 1. The van der Waals surface area contributed by atoms with E-state index in [9.17, 15) is 9.59 Å². The van der Waals surface area contributed by atoms with E-state index in [1.54, 1.807) is 0 Å². The number of aliphatic carboxylic acids is 1. The van der Waals surface area contributed by atoms with Crippen LogP contribution in [0.25, 0.3) is 0 Å². The first-order valence-corrected chi connectivity index (χ1v) is 4.95. The zero-order valence-electron chi connectivity index (χ0n) is 9.25. The van der Waals surface area contributed by atoms with Crippen LogP contribution in [0.3, 0.4) is 0 Å². The van der Waals surface area contributed by atoms with Crippen LogP contribution in [0.15, 0.2) is 6.20 Å². The normalized spacial score (nSPS) is 11.5. The van der Waals surface area contributed by atoms with Gasteiger partial charge in [-0.05, 0) is 6.42 Å². The Labute approximate surface area is 97.8 Å². The first-order valence-electron chi connectivity index (χ1n) is 4.95. The topological polar surface area (TPSA) is 97.1 Å². The first-order chi connectivity index (χ1) is 8.06. The molecule has 1 heterocycles. The van der Waals surface area contributed by atoms with Crippen LogP contribution in [0.1, 0.15) is 23.8 Å². The summed E-state index contributed by atoms with van der Waals surface area (Å²) in [6.07, 6.45) is 7.06. The van der Waals surface area contributed by atoms with Gasteiger partial charge in [0.1, 0.15) is 6.54 Å². The van der Waals surface area contributed by atoms with E-state index in [2.05, 4.69) is 21.5 Å². The minimum Gasteiger partial charge on any atom is -0.480 e. The number of hydrogen-bond acceptors (Lipinski definition) is 4. The first kappa shape index (κ1) is 12.7. The van der Waals surface area contributed by atoms with E-state index in [-0.39, 0.29) is 18.3 Å². The summed E-state index contributed by atoms with van der Waals surface area (Å²) >= 11 is 0. The van der Waals surface area contributed by atoms with E-state index in [4.69, 9.17) is 11.5 Å². The van der Waals surface area contributed by atoms with Crippen molar-refractivity contribution < 1.29 is 14.7 Å². The van der Waals surface area contributed by atoms with Gasteiger partial charge >= 0.3 is 5.97 Å². The second kappa shape index (κ2) is 5.65. The summed E-state index contributed by atoms with van der Waals surface area (Å²) in [5, 5.41) is 18.2. The van der Waals surface area contributed by atoms with Crippen molar-refractivity contribution in [1.82, 2.24) is 20.3 Å². The van der Waals surface area contributed by atoms with Crippen LogP contribution < -0.4 is 5.32 Å². The smallest absolute Gasteiger partial charge is 0.325 e. The molecule has 1 rings (SSSR count). The van der Waals surface area contributed by atoms with Crippen LogP contribution in [0.5, 0.6) is 0 Å². The maximum Gasteiger partial charge on any atom is 0.325 e. The molecule has 0 aliphatic heterocycles. The molecular weight excluding hydrogens is 224 g/mol. The van der Waals surface area contributed by atoms with Crippen LogP contribution in [-0.4, -0.2) is 38.0 Å². The molecule has 0 bridgehead atoms. The number of aromatic nitrogens is 3. The molecule has 2 N–H and O–H groups in total. The van der Waals surface area contributed by atoms with E-state index in [0.29, 0.717) is 6.42 Å². The fraction of sp³-hybridized carbons (Fsp3) is 0.400. The van der Waals surface area contributed by atoms with Crippen molar-refractivity contribution in [3.63, 3.8) is 0 Å². The fourth-order valence-corrected chi connectivity index (χ4v) is 1.11. The van der Waals surface area contributed by atoms with E-state index in [0.717, 1.165) is 4.68 Å². The molecule has 0 radical (unpaired) electrons. The minimum atomic E-state index is -1.06. The predicted octanol–water partition coefficient (Wildman–Crippen LogP) is -0.496. The van der Waals surface area contributed by atoms with Crippen molar-refractivity contribution in [2.24, 2.45) is 0 Å². The molecule has 90 valence electrons. The lowest BCUT2D eigenvalue weighted by atomic mass is 10.2.